The smallest absolute Gasteiger partial charge is 0.0599 e. The molecule has 0 heterocycles. The molecule has 0 aromatic carbocycles. The van der Waals surface area contributed by atoms with Crippen LogP contribution in [0.25, 0.3) is 0 Å². The van der Waals surface area contributed by atoms with E-state index in [1.54, 1.807) is 0 Å². The average molecular weight is 170 g/mol. The fraction of sp³-hybridized carbons (Fsp3) is 1.00. The molecule has 3 atom stereocenters. The molecule has 1 aliphatic rings. The van der Waals surface area contributed by atoms with Crippen LogP contribution in [-0.2, 0) is 4.74 Å². The lowest BCUT2D eigenvalue weighted by molar-refractivity contribution is -0.00826. The summed E-state index contributed by atoms with van der Waals surface area (Å²) in [6.07, 6.45) is 4.54. The second-order valence-electron chi connectivity index (χ2n) is 4.47. The molecule has 72 valence electrons. The van der Waals surface area contributed by atoms with Crippen LogP contribution in [0.4, 0.5) is 0 Å². The van der Waals surface area contributed by atoms with Gasteiger partial charge in [-0.2, -0.15) is 0 Å². The van der Waals surface area contributed by atoms with Crippen molar-refractivity contribution in [3.05, 3.63) is 0 Å². The summed E-state index contributed by atoms with van der Waals surface area (Å²) in [5.74, 6) is 2.45. The Labute approximate surface area is 76.5 Å². The van der Waals surface area contributed by atoms with E-state index < -0.39 is 0 Å². The molecular formula is C11H22O. The van der Waals surface area contributed by atoms with E-state index in [1.165, 1.54) is 19.3 Å². The Bertz CT molecular complexity index is 131. The van der Waals surface area contributed by atoms with Crippen molar-refractivity contribution in [2.75, 3.05) is 7.11 Å². The van der Waals surface area contributed by atoms with Crippen LogP contribution in [0.3, 0.4) is 0 Å². The minimum atomic E-state index is 0.520. The Balaban J connectivity index is 2.53. The number of ether oxygens (including phenoxy) is 1. The summed E-state index contributed by atoms with van der Waals surface area (Å²) in [6, 6.07) is 0. The van der Waals surface area contributed by atoms with Crippen LogP contribution >= 0.6 is 0 Å². The van der Waals surface area contributed by atoms with Crippen molar-refractivity contribution < 1.29 is 4.74 Å². The van der Waals surface area contributed by atoms with E-state index in [1.807, 2.05) is 7.11 Å². The van der Waals surface area contributed by atoms with Gasteiger partial charge in [-0.3, -0.25) is 0 Å². The predicted molar refractivity (Wildman–Crippen MR) is 52.1 cm³/mol. The summed E-state index contributed by atoms with van der Waals surface area (Å²) >= 11 is 0. The monoisotopic (exact) mass is 170 g/mol. The third kappa shape index (κ3) is 2.01. The van der Waals surface area contributed by atoms with Gasteiger partial charge in [-0.1, -0.05) is 27.2 Å². The van der Waals surface area contributed by atoms with E-state index >= 15 is 0 Å². The van der Waals surface area contributed by atoms with Crippen molar-refractivity contribution in [2.45, 2.75) is 46.1 Å². The first kappa shape index (κ1) is 10.0. The first-order valence-corrected chi connectivity index (χ1v) is 5.19. The minimum Gasteiger partial charge on any atom is -0.381 e. The molecule has 12 heavy (non-hydrogen) atoms. The van der Waals surface area contributed by atoms with Crippen molar-refractivity contribution in [1.82, 2.24) is 0 Å². The fourth-order valence-corrected chi connectivity index (χ4v) is 2.63. The van der Waals surface area contributed by atoms with Gasteiger partial charge < -0.3 is 4.74 Å². The Morgan fingerprint density at radius 1 is 1.25 bits per heavy atom. The van der Waals surface area contributed by atoms with Gasteiger partial charge in [0.05, 0.1) is 6.10 Å². The zero-order chi connectivity index (χ0) is 9.14. The molecule has 1 nitrogen and oxygen atoms in total. The molecule has 0 spiro atoms. The van der Waals surface area contributed by atoms with Gasteiger partial charge in [-0.15, -0.1) is 0 Å². The summed E-state index contributed by atoms with van der Waals surface area (Å²) in [6.45, 7) is 7.01. The maximum Gasteiger partial charge on any atom is 0.0599 e. The molecule has 0 saturated heterocycles. The molecule has 1 saturated carbocycles. The molecular weight excluding hydrogens is 148 g/mol. The Morgan fingerprint density at radius 3 is 2.42 bits per heavy atom. The SMILES string of the molecule is CO[C@H]1CCC[C@@H](C(C)C)[C@H]1C. The summed E-state index contributed by atoms with van der Waals surface area (Å²) < 4.78 is 5.48. The first-order chi connectivity index (χ1) is 5.66. The molecule has 0 aromatic rings. The number of hydrogen-bond donors (Lipinski definition) is 0. The molecule has 0 N–H and O–H groups in total. The summed E-state index contributed by atoms with van der Waals surface area (Å²) in [5.41, 5.74) is 0. The van der Waals surface area contributed by atoms with E-state index in [4.69, 9.17) is 4.74 Å². The lowest BCUT2D eigenvalue weighted by atomic mass is 9.73. The summed E-state index contributed by atoms with van der Waals surface area (Å²) in [5, 5.41) is 0. The van der Waals surface area contributed by atoms with Crippen LogP contribution in [0, 0.1) is 17.8 Å². The second-order valence-corrected chi connectivity index (χ2v) is 4.47. The van der Waals surface area contributed by atoms with Gasteiger partial charge in [0, 0.05) is 7.11 Å². The van der Waals surface area contributed by atoms with E-state index in [0.29, 0.717) is 6.10 Å². The van der Waals surface area contributed by atoms with Crippen molar-refractivity contribution in [2.24, 2.45) is 17.8 Å². The van der Waals surface area contributed by atoms with Crippen LogP contribution < -0.4 is 0 Å². The summed E-state index contributed by atoms with van der Waals surface area (Å²) in [4.78, 5) is 0. The zero-order valence-corrected chi connectivity index (χ0v) is 8.84. The first-order valence-electron chi connectivity index (χ1n) is 5.19. The third-order valence-corrected chi connectivity index (χ3v) is 3.45. The molecule has 1 fully saturated rings. The van der Waals surface area contributed by atoms with Gasteiger partial charge in [-0.25, -0.2) is 0 Å². The van der Waals surface area contributed by atoms with E-state index in [2.05, 4.69) is 20.8 Å². The normalized spacial score (nSPS) is 37.2. The van der Waals surface area contributed by atoms with Crippen LogP contribution in [0.2, 0.25) is 0 Å². The molecule has 0 bridgehead atoms. The highest BCUT2D eigenvalue weighted by Gasteiger charge is 2.31. The molecule has 1 rings (SSSR count). The van der Waals surface area contributed by atoms with Crippen LogP contribution in [0.5, 0.6) is 0 Å². The van der Waals surface area contributed by atoms with E-state index in [0.717, 1.165) is 17.8 Å². The molecule has 0 unspecified atom stereocenters. The number of rotatable bonds is 2. The van der Waals surface area contributed by atoms with Gasteiger partial charge in [0.1, 0.15) is 0 Å². The minimum absolute atomic E-state index is 0.520. The molecule has 0 amide bonds. The van der Waals surface area contributed by atoms with Gasteiger partial charge in [0.15, 0.2) is 0 Å². The highest BCUT2D eigenvalue weighted by Crippen LogP contribution is 2.35. The Kier molecular flexibility index (Phi) is 3.57. The molecule has 1 aliphatic carbocycles. The largest absolute Gasteiger partial charge is 0.381 e. The topological polar surface area (TPSA) is 9.23 Å². The predicted octanol–water partition coefficient (Wildman–Crippen LogP) is 3.09. The maximum absolute atomic E-state index is 5.48. The van der Waals surface area contributed by atoms with Crippen LogP contribution in [-0.4, -0.2) is 13.2 Å². The van der Waals surface area contributed by atoms with Crippen molar-refractivity contribution in [3.8, 4) is 0 Å². The van der Waals surface area contributed by atoms with Gasteiger partial charge in [0.25, 0.3) is 0 Å². The lowest BCUT2D eigenvalue weighted by Gasteiger charge is -2.37. The number of hydrogen-bond acceptors (Lipinski definition) is 1. The molecule has 0 aliphatic heterocycles. The zero-order valence-electron chi connectivity index (χ0n) is 8.84. The lowest BCUT2D eigenvalue weighted by Crippen LogP contribution is -2.34. The van der Waals surface area contributed by atoms with E-state index in [-0.39, 0.29) is 0 Å². The van der Waals surface area contributed by atoms with Crippen molar-refractivity contribution >= 4 is 0 Å². The van der Waals surface area contributed by atoms with Crippen molar-refractivity contribution in [3.63, 3.8) is 0 Å². The Hall–Kier alpha value is -0.0400. The standard InChI is InChI=1S/C11H22O/c1-8(2)10-6-5-7-11(12-4)9(10)3/h8-11H,5-7H2,1-4H3/t9-,10+,11+/m1/s1. The average Bonchev–Trinajstić information content (AvgIpc) is 2.04. The number of methoxy groups -OCH3 is 1. The van der Waals surface area contributed by atoms with Crippen LogP contribution in [0.15, 0.2) is 0 Å². The van der Waals surface area contributed by atoms with E-state index in [9.17, 15) is 0 Å². The molecule has 0 radical (unpaired) electrons. The second kappa shape index (κ2) is 4.27. The highest BCUT2D eigenvalue weighted by atomic mass is 16.5. The maximum atomic E-state index is 5.48. The van der Waals surface area contributed by atoms with Crippen molar-refractivity contribution in [1.29, 1.82) is 0 Å². The molecule has 0 aromatic heterocycles. The highest BCUT2D eigenvalue weighted by molar-refractivity contribution is 4.81. The van der Waals surface area contributed by atoms with Gasteiger partial charge >= 0.3 is 0 Å². The summed E-state index contributed by atoms with van der Waals surface area (Å²) in [7, 11) is 1.85. The van der Waals surface area contributed by atoms with Gasteiger partial charge in [0.2, 0.25) is 0 Å². The third-order valence-electron chi connectivity index (χ3n) is 3.45. The Morgan fingerprint density at radius 2 is 1.92 bits per heavy atom. The van der Waals surface area contributed by atoms with Gasteiger partial charge in [-0.05, 0) is 30.6 Å². The quantitative estimate of drug-likeness (QED) is 0.619. The van der Waals surface area contributed by atoms with Crippen LogP contribution in [0.1, 0.15) is 40.0 Å². The fourth-order valence-electron chi connectivity index (χ4n) is 2.63. The molecule has 1 heteroatoms.